The summed E-state index contributed by atoms with van der Waals surface area (Å²) in [5, 5.41) is 1.15. The average molecular weight is 529 g/mol. The Labute approximate surface area is 240 Å². The van der Waals surface area contributed by atoms with Crippen LogP contribution in [-0.4, -0.2) is 19.9 Å². The van der Waals surface area contributed by atoms with Crippen molar-refractivity contribution in [1.82, 2.24) is 19.9 Å². The van der Waals surface area contributed by atoms with Gasteiger partial charge >= 0.3 is 0 Å². The van der Waals surface area contributed by atoms with E-state index >= 15 is 0 Å². The number of nitrogens with zero attached hydrogens (tertiary/aromatic N) is 4. The van der Waals surface area contributed by atoms with Crippen molar-refractivity contribution in [3.63, 3.8) is 0 Å². The van der Waals surface area contributed by atoms with E-state index in [2.05, 4.69) is 90.9 Å². The summed E-state index contributed by atoms with van der Waals surface area (Å²) < 4.78 is 0. The molecule has 2 heterocycles. The average Bonchev–Trinajstić information content (AvgIpc) is 3.03. The van der Waals surface area contributed by atoms with Gasteiger partial charge in [0.1, 0.15) is 0 Å². The van der Waals surface area contributed by atoms with E-state index in [1.54, 1.807) is 12.2 Å². The third-order valence-corrected chi connectivity index (χ3v) is 6.97. The first kappa shape index (κ1) is 25.8. The Kier molecular flexibility index (Phi) is 7.12. The number of rotatable bonds is 7. The van der Waals surface area contributed by atoms with Gasteiger partial charge < -0.3 is 0 Å². The van der Waals surface area contributed by atoms with Crippen molar-refractivity contribution >= 4 is 16.5 Å². The molecule has 0 atom stereocenters. The van der Waals surface area contributed by atoms with Crippen LogP contribution in [0.15, 0.2) is 141 Å². The molecule has 6 rings (SSSR count). The van der Waals surface area contributed by atoms with Crippen molar-refractivity contribution in [2.45, 2.75) is 6.92 Å². The van der Waals surface area contributed by atoms with Crippen LogP contribution in [0, 0.1) is 6.92 Å². The molecular weight excluding hydrogens is 500 g/mol. The Morgan fingerprint density at radius 2 is 1.10 bits per heavy atom. The molecule has 0 aliphatic rings. The monoisotopic (exact) mass is 528 g/mol. The maximum Gasteiger partial charge on any atom is 0.164 e. The lowest BCUT2D eigenvalue weighted by Crippen LogP contribution is -2.02. The molecule has 4 nitrogen and oxygen atoms in total. The maximum atomic E-state index is 4.81. The van der Waals surface area contributed by atoms with Gasteiger partial charge in [0.2, 0.25) is 0 Å². The normalized spacial score (nSPS) is 11.4. The van der Waals surface area contributed by atoms with Gasteiger partial charge in [-0.25, -0.2) is 15.0 Å². The Bertz CT molecular complexity index is 1900. The van der Waals surface area contributed by atoms with Crippen LogP contribution in [0.1, 0.15) is 11.5 Å². The highest BCUT2D eigenvalue weighted by atomic mass is 15.0. The van der Waals surface area contributed by atoms with Crippen LogP contribution in [0.3, 0.4) is 0 Å². The Morgan fingerprint density at radius 1 is 0.561 bits per heavy atom. The summed E-state index contributed by atoms with van der Waals surface area (Å²) in [6.07, 6.45) is 5.29. The van der Waals surface area contributed by atoms with Crippen LogP contribution < -0.4 is 0 Å². The summed E-state index contributed by atoms with van der Waals surface area (Å²) in [6, 6.07) is 37.5. The van der Waals surface area contributed by atoms with Crippen LogP contribution in [0.2, 0.25) is 0 Å². The Balaban J connectivity index is 1.31. The molecule has 0 saturated heterocycles. The lowest BCUT2D eigenvalue weighted by molar-refractivity contribution is 1.04. The van der Waals surface area contributed by atoms with E-state index in [1.807, 2.05) is 49.4 Å². The van der Waals surface area contributed by atoms with Crippen molar-refractivity contribution in [1.29, 1.82) is 0 Å². The second-order valence-corrected chi connectivity index (χ2v) is 9.75. The quantitative estimate of drug-likeness (QED) is 0.194. The third-order valence-electron chi connectivity index (χ3n) is 6.97. The summed E-state index contributed by atoms with van der Waals surface area (Å²) in [4.78, 5) is 19.0. The number of hydrogen-bond donors (Lipinski definition) is 0. The highest BCUT2D eigenvalue weighted by Gasteiger charge is 2.12. The SMILES string of the molecule is C=C/C=C(\C=C)c1nc(-c2ccccc2)nc(-c2ccc(-c3ccc(-c4ccc5ccc(C)nc5c4)cc3)cc2)n1. The molecule has 0 spiro atoms. The Morgan fingerprint density at radius 3 is 1.71 bits per heavy atom. The van der Waals surface area contributed by atoms with E-state index in [-0.39, 0.29) is 0 Å². The molecule has 196 valence electrons. The van der Waals surface area contributed by atoms with E-state index in [4.69, 9.17) is 15.0 Å². The fraction of sp³-hybridized carbons (Fsp3) is 0.0270. The van der Waals surface area contributed by atoms with E-state index in [0.717, 1.165) is 55.6 Å². The number of aromatic nitrogens is 4. The van der Waals surface area contributed by atoms with Crippen LogP contribution in [0.4, 0.5) is 0 Å². The lowest BCUT2D eigenvalue weighted by atomic mass is 9.98. The molecule has 0 radical (unpaired) electrons. The minimum absolute atomic E-state index is 0.558. The molecule has 4 heteroatoms. The van der Waals surface area contributed by atoms with Gasteiger partial charge in [-0.05, 0) is 41.3 Å². The molecular formula is C37H28N4. The zero-order valence-corrected chi connectivity index (χ0v) is 22.8. The number of allylic oxidation sites excluding steroid dienone is 4. The zero-order chi connectivity index (χ0) is 28.2. The Hall–Kier alpha value is -5.48. The topological polar surface area (TPSA) is 51.6 Å². The van der Waals surface area contributed by atoms with Crippen molar-refractivity contribution in [3.8, 4) is 45.0 Å². The predicted molar refractivity (Wildman–Crippen MR) is 170 cm³/mol. The second-order valence-electron chi connectivity index (χ2n) is 9.75. The minimum Gasteiger partial charge on any atom is -0.253 e. The second kappa shape index (κ2) is 11.3. The van der Waals surface area contributed by atoms with Crippen LogP contribution in [-0.2, 0) is 0 Å². The molecule has 0 fully saturated rings. The first-order valence-electron chi connectivity index (χ1n) is 13.5. The maximum absolute atomic E-state index is 4.81. The fourth-order valence-corrected chi connectivity index (χ4v) is 4.78. The van der Waals surface area contributed by atoms with Gasteiger partial charge in [-0.1, -0.05) is 128 Å². The van der Waals surface area contributed by atoms with Gasteiger partial charge in [-0.3, -0.25) is 4.98 Å². The highest BCUT2D eigenvalue weighted by molar-refractivity contribution is 5.85. The van der Waals surface area contributed by atoms with Crippen LogP contribution in [0.25, 0.3) is 61.5 Å². The first-order chi connectivity index (χ1) is 20.1. The summed E-state index contributed by atoms with van der Waals surface area (Å²) in [7, 11) is 0. The molecule has 0 amide bonds. The van der Waals surface area contributed by atoms with Gasteiger partial charge in [0, 0.05) is 27.8 Å². The molecule has 0 aliphatic carbocycles. The number of fused-ring (bicyclic) bond motifs is 1. The van der Waals surface area contributed by atoms with E-state index in [0.29, 0.717) is 17.5 Å². The molecule has 0 saturated carbocycles. The molecule has 0 aliphatic heterocycles. The van der Waals surface area contributed by atoms with Crippen molar-refractivity contribution in [2.24, 2.45) is 0 Å². The summed E-state index contributed by atoms with van der Waals surface area (Å²) >= 11 is 0. The molecule has 0 N–H and O–H groups in total. The zero-order valence-electron chi connectivity index (χ0n) is 22.8. The van der Waals surface area contributed by atoms with Crippen molar-refractivity contribution < 1.29 is 0 Å². The summed E-state index contributed by atoms with van der Waals surface area (Å²) in [5.41, 5.74) is 9.22. The first-order valence-corrected chi connectivity index (χ1v) is 13.5. The highest BCUT2D eigenvalue weighted by Crippen LogP contribution is 2.29. The van der Waals surface area contributed by atoms with E-state index in [1.165, 1.54) is 0 Å². The predicted octanol–water partition coefficient (Wildman–Crippen LogP) is 9.15. The van der Waals surface area contributed by atoms with Crippen LogP contribution >= 0.6 is 0 Å². The third kappa shape index (κ3) is 5.49. The fourth-order valence-electron chi connectivity index (χ4n) is 4.78. The standard InChI is InChI=1S/C37H28N4/c1-4-9-26(5-2)35-39-36(31-10-7-6-8-11-31)41-37(40-35)32-21-18-28(19-22-32)27-14-16-29(17-15-27)33-23-20-30-13-12-25(3)38-34(30)24-33/h4-24H,1-2H2,3H3/b26-9+. The largest absolute Gasteiger partial charge is 0.253 e. The van der Waals surface area contributed by atoms with E-state index < -0.39 is 0 Å². The van der Waals surface area contributed by atoms with Gasteiger partial charge in [-0.2, -0.15) is 0 Å². The number of pyridine rings is 1. The molecule has 4 aromatic carbocycles. The van der Waals surface area contributed by atoms with Gasteiger partial charge in [0.05, 0.1) is 5.52 Å². The van der Waals surface area contributed by atoms with Crippen molar-refractivity contribution in [3.05, 3.63) is 152 Å². The summed E-state index contributed by atoms with van der Waals surface area (Å²) in [5.74, 6) is 1.77. The van der Waals surface area contributed by atoms with Crippen LogP contribution in [0.5, 0.6) is 0 Å². The number of hydrogen-bond acceptors (Lipinski definition) is 4. The smallest absolute Gasteiger partial charge is 0.164 e. The van der Waals surface area contributed by atoms with Crippen molar-refractivity contribution in [2.75, 3.05) is 0 Å². The van der Waals surface area contributed by atoms with Gasteiger partial charge in [-0.15, -0.1) is 0 Å². The van der Waals surface area contributed by atoms with Gasteiger partial charge in [0.15, 0.2) is 17.5 Å². The molecule has 0 bridgehead atoms. The number of aryl methyl sites for hydroxylation is 1. The lowest BCUT2D eigenvalue weighted by Gasteiger charge is -2.10. The molecule has 6 aromatic rings. The molecule has 41 heavy (non-hydrogen) atoms. The summed E-state index contributed by atoms with van der Waals surface area (Å²) in [6.45, 7) is 9.76. The van der Waals surface area contributed by atoms with Gasteiger partial charge in [0.25, 0.3) is 0 Å². The molecule has 2 aromatic heterocycles. The van der Waals surface area contributed by atoms with E-state index in [9.17, 15) is 0 Å². The number of benzene rings is 4. The minimum atomic E-state index is 0.558. The molecule has 0 unspecified atom stereocenters.